The largest absolute Gasteiger partial charge is 0.481 e. The van der Waals surface area contributed by atoms with E-state index in [9.17, 15) is 14.7 Å². The Morgan fingerprint density at radius 1 is 1.20 bits per heavy atom. The minimum atomic E-state index is -0.811. The van der Waals surface area contributed by atoms with Crippen LogP contribution in [-0.2, 0) is 14.3 Å². The number of carbonyl (C=O) groups is 2. The van der Waals surface area contributed by atoms with Gasteiger partial charge in [-0.1, -0.05) is 5.57 Å². The molecule has 0 amide bonds. The van der Waals surface area contributed by atoms with E-state index in [1.807, 2.05) is 20.8 Å². The number of aliphatic carboxylic acids is 1. The first-order valence-corrected chi connectivity index (χ1v) is 7.20. The molecule has 0 bridgehead atoms. The number of hydrogen-bond acceptors (Lipinski definition) is 4. The van der Waals surface area contributed by atoms with Gasteiger partial charge in [-0.05, 0) is 52.0 Å². The smallest absolute Gasteiger partial charge is 0.327 e. The Morgan fingerprint density at radius 3 is 2.35 bits per heavy atom. The number of carbonyl (C=O) groups excluding carboxylic acids is 1. The van der Waals surface area contributed by atoms with Crippen LogP contribution in [0.4, 0.5) is 0 Å². The molecule has 0 saturated heterocycles. The van der Waals surface area contributed by atoms with Gasteiger partial charge in [0.05, 0.1) is 5.92 Å². The first-order chi connectivity index (χ1) is 9.29. The van der Waals surface area contributed by atoms with Crippen molar-refractivity contribution in [2.45, 2.75) is 58.1 Å². The minimum absolute atomic E-state index is 0.296. The monoisotopic (exact) mass is 281 g/mol. The highest BCUT2D eigenvalue weighted by atomic mass is 16.6. The van der Waals surface area contributed by atoms with Crippen LogP contribution in [-0.4, -0.2) is 35.2 Å². The molecular weight excluding hydrogens is 258 g/mol. The van der Waals surface area contributed by atoms with Crippen molar-refractivity contribution < 1.29 is 19.4 Å². The zero-order valence-electron chi connectivity index (χ0n) is 12.4. The first-order valence-electron chi connectivity index (χ1n) is 7.20. The molecule has 2 N–H and O–H groups in total. The lowest BCUT2D eigenvalue weighted by atomic mass is 9.78. The molecule has 0 radical (unpaired) electrons. The molecule has 2 aliphatic rings. The van der Waals surface area contributed by atoms with Gasteiger partial charge < -0.3 is 9.84 Å². The van der Waals surface area contributed by atoms with E-state index < -0.39 is 23.5 Å². The van der Waals surface area contributed by atoms with Gasteiger partial charge in [-0.15, -0.1) is 0 Å². The molecule has 2 atom stereocenters. The van der Waals surface area contributed by atoms with Crippen LogP contribution in [0.15, 0.2) is 11.1 Å². The van der Waals surface area contributed by atoms with Gasteiger partial charge in [0.1, 0.15) is 11.6 Å². The lowest BCUT2D eigenvalue weighted by molar-refractivity contribution is -0.157. The predicted molar refractivity (Wildman–Crippen MR) is 74.3 cm³/mol. The lowest BCUT2D eigenvalue weighted by Gasteiger charge is -2.36. The number of nitrogens with one attached hydrogen (secondary N) is 1. The zero-order valence-corrected chi connectivity index (χ0v) is 12.4. The van der Waals surface area contributed by atoms with Crippen LogP contribution < -0.4 is 5.32 Å². The molecule has 0 aromatic carbocycles. The molecule has 5 heteroatoms. The Bertz CT molecular complexity index is 447. The molecule has 0 aromatic heterocycles. The Morgan fingerprint density at radius 2 is 1.80 bits per heavy atom. The molecule has 2 rings (SSSR count). The van der Waals surface area contributed by atoms with Crippen LogP contribution in [0.3, 0.4) is 0 Å². The first kappa shape index (κ1) is 15.0. The summed E-state index contributed by atoms with van der Waals surface area (Å²) < 4.78 is 5.44. The third kappa shape index (κ3) is 3.20. The van der Waals surface area contributed by atoms with Crippen molar-refractivity contribution in [1.82, 2.24) is 5.32 Å². The number of esters is 1. The summed E-state index contributed by atoms with van der Waals surface area (Å²) in [7, 11) is 0. The van der Waals surface area contributed by atoms with Crippen molar-refractivity contribution in [3.8, 4) is 0 Å². The van der Waals surface area contributed by atoms with Crippen molar-refractivity contribution in [3.63, 3.8) is 0 Å². The van der Waals surface area contributed by atoms with E-state index in [4.69, 9.17) is 4.74 Å². The van der Waals surface area contributed by atoms with Crippen LogP contribution in [0.25, 0.3) is 0 Å². The number of ether oxygens (including phenoxy) is 1. The van der Waals surface area contributed by atoms with Crippen LogP contribution >= 0.6 is 0 Å². The summed E-state index contributed by atoms with van der Waals surface area (Å²) in [6.07, 6.45) is 3.58. The van der Waals surface area contributed by atoms with Gasteiger partial charge in [0, 0.05) is 6.54 Å². The van der Waals surface area contributed by atoms with E-state index in [0.29, 0.717) is 6.54 Å². The highest BCUT2D eigenvalue weighted by Gasteiger charge is 2.38. The van der Waals surface area contributed by atoms with Gasteiger partial charge in [-0.3, -0.25) is 10.1 Å². The van der Waals surface area contributed by atoms with Gasteiger partial charge in [0.15, 0.2) is 0 Å². The summed E-state index contributed by atoms with van der Waals surface area (Å²) in [6.45, 7) is 5.82. The molecule has 1 aliphatic carbocycles. The highest BCUT2D eigenvalue weighted by Crippen LogP contribution is 2.35. The van der Waals surface area contributed by atoms with Crippen molar-refractivity contribution in [2.24, 2.45) is 5.92 Å². The van der Waals surface area contributed by atoms with Crippen molar-refractivity contribution in [3.05, 3.63) is 11.1 Å². The van der Waals surface area contributed by atoms with Gasteiger partial charge >= 0.3 is 11.9 Å². The van der Waals surface area contributed by atoms with E-state index in [2.05, 4.69) is 5.32 Å². The van der Waals surface area contributed by atoms with Crippen molar-refractivity contribution in [1.29, 1.82) is 0 Å². The lowest BCUT2D eigenvalue weighted by Crippen LogP contribution is -2.50. The van der Waals surface area contributed by atoms with Crippen molar-refractivity contribution in [2.75, 3.05) is 6.54 Å². The summed E-state index contributed by atoms with van der Waals surface area (Å²) in [6, 6.07) is -0.472. The molecule has 5 nitrogen and oxygen atoms in total. The highest BCUT2D eigenvalue weighted by molar-refractivity contribution is 5.83. The summed E-state index contributed by atoms with van der Waals surface area (Å²) in [4.78, 5) is 23.6. The average molecular weight is 281 g/mol. The zero-order chi connectivity index (χ0) is 14.9. The maximum Gasteiger partial charge on any atom is 0.327 e. The van der Waals surface area contributed by atoms with Crippen LogP contribution in [0.1, 0.15) is 46.5 Å². The second kappa shape index (κ2) is 5.56. The summed E-state index contributed by atoms with van der Waals surface area (Å²) in [5.41, 5.74) is 1.36. The quantitative estimate of drug-likeness (QED) is 0.597. The standard InChI is InChI=1S/C15H23NO4/c1-15(2,3)20-14(19)12-10-7-5-4-6-9(10)11(8-16-12)13(17)18/h11-12,16H,4-8H2,1-3H3,(H,17,18)/t11?,12-/m0/s1. The SMILES string of the molecule is CC(C)(C)OC(=O)[C@H]1NCC(C(=O)O)C2=C1CCCC2. The predicted octanol–water partition coefficient (Wildman–Crippen LogP) is 1.87. The van der Waals surface area contributed by atoms with Gasteiger partial charge in [0.2, 0.25) is 0 Å². The Hall–Kier alpha value is -1.36. The summed E-state index contributed by atoms with van der Waals surface area (Å²) in [5, 5.41) is 12.4. The number of carboxylic acid groups (broad SMARTS) is 1. The number of carboxylic acids is 1. The van der Waals surface area contributed by atoms with Crippen LogP contribution in [0.2, 0.25) is 0 Å². The molecule has 112 valence electrons. The number of rotatable bonds is 2. The minimum Gasteiger partial charge on any atom is -0.481 e. The molecule has 0 fully saturated rings. The second-order valence-corrected chi connectivity index (χ2v) is 6.52. The van der Waals surface area contributed by atoms with E-state index in [1.165, 1.54) is 0 Å². The Kier molecular flexibility index (Phi) is 4.18. The van der Waals surface area contributed by atoms with Crippen LogP contribution in [0.5, 0.6) is 0 Å². The maximum atomic E-state index is 12.3. The molecule has 20 heavy (non-hydrogen) atoms. The van der Waals surface area contributed by atoms with E-state index in [-0.39, 0.29) is 5.97 Å². The molecule has 1 unspecified atom stereocenters. The molecule has 1 heterocycles. The second-order valence-electron chi connectivity index (χ2n) is 6.52. The Balaban J connectivity index is 2.25. The number of hydrogen-bond donors (Lipinski definition) is 2. The molecule has 0 aromatic rings. The molecule has 1 aliphatic heterocycles. The average Bonchev–Trinajstić information content (AvgIpc) is 2.35. The third-order valence-electron chi connectivity index (χ3n) is 3.79. The third-order valence-corrected chi connectivity index (χ3v) is 3.79. The fourth-order valence-electron chi connectivity index (χ4n) is 2.98. The van der Waals surface area contributed by atoms with Crippen molar-refractivity contribution >= 4 is 11.9 Å². The van der Waals surface area contributed by atoms with Gasteiger partial charge in [-0.2, -0.15) is 0 Å². The molecular formula is C15H23NO4. The van der Waals surface area contributed by atoms with E-state index in [1.54, 1.807) is 0 Å². The fraction of sp³-hybridized carbons (Fsp3) is 0.733. The molecule has 0 saturated carbocycles. The topological polar surface area (TPSA) is 75.6 Å². The summed E-state index contributed by atoms with van der Waals surface area (Å²) in [5.74, 6) is -1.60. The summed E-state index contributed by atoms with van der Waals surface area (Å²) >= 11 is 0. The maximum absolute atomic E-state index is 12.3. The Labute approximate surface area is 119 Å². The van der Waals surface area contributed by atoms with Gasteiger partial charge in [-0.25, -0.2) is 4.79 Å². The fourth-order valence-corrected chi connectivity index (χ4v) is 2.98. The normalized spacial score (nSPS) is 26.9. The van der Waals surface area contributed by atoms with E-state index >= 15 is 0 Å². The van der Waals surface area contributed by atoms with Crippen LogP contribution in [0, 0.1) is 5.92 Å². The van der Waals surface area contributed by atoms with E-state index in [0.717, 1.165) is 36.8 Å². The van der Waals surface area contributed by atoms with Gasteiger partial charge in [0.25, 0.3) is 0 Å². The molecule has 0 spiro atoms.